The van der Waals surface area contributed by atoms with Crippen LogP contribution in [0.25, 0.3) is 0 Å². The molecule has 4 N–H and O–H groups in total. The van der Waals surface area contributed by atoms with Crippen molar-refractivity contribution in [3.63, 3.8) is 0 Å². The van der Waals surface area contributed by atoms with Crippen molar-refractivity contribution >= 4 is 11.8 Å². The maximum absolute atomic E-state index is 13.0. The van der Waals surface area contributed by atoms with Gasteiger partial charge >= 0.3 is 0 Å². The Morgan fingerprint density at radius 1 is 1.04 bits per heavy atom. The van der Waals surface area contributed by atoms with Crippen LogP contribution in [0.4, 0.5) is 0 Å². The zero-order valence-electron chi connectivity index (χ0n) is 15.6. The lowest BCUT2D eigenvalue weighted by Crippen LogP contribution is -2.62. The van der Waals surface area contributed by atoms with Crippen molar-refractivity contribution < 1.29 is 9.59 Å². The summed E-state index contributed by atoms with van der Waals surface area (Å²) in [5.41, 5.74) is 12.9. The van der Waals surface area contributed by atoms with Crippen LogP contribution in [0.1, 0.15) is 71.6 Å². The van der Waals surface area contributed by atoms with Crippen molar-refractivity contribution in [3.05, 3.63) is 11.6 Å². The molecule has 0 radical (unpaired) electrons. The third-order valence-corrected chi connectivity index (χ3v) is 8.93. The highest BCUT2D eigenvalue weighted by Gasteiger charge is 2.68. The Hall–Kier alpha value is -1.32. The summed E-state index contributed by atoms with van der Waals surface area (Å²) in [5, 5.41) is 0. The summed E-state index contributed by atoms with van der Waals surface area (Å²) >= 11 is 0. The number of hydrogen-bond donors (Lipinski definition) is 2. The molecule has 4 nitrogen and oxygen atoms in total. The van der Waals surface area contributed by atoms with Gasteiger partial charge in [0.25, 0.3) is 0 Å². The number of carbonyl (C=O) groups excluding carboxylic acids is 2. The average molecular weight is 344 g/mol. The van der Waals surface area contributed by atoms with Crippen molar-refractivity contribution in [2.24, 2.45) is 45.5 Å². The van der Waals surface area contributed by atoms with Gasteiger partial charge in [-0.05, 0) is 74.0 Å². The van der Waals surface area contributed by atoms with Gasteiger partial charge in [-0.1, -0.05) is 31.9 Å². The highest BCUT2D eigenvalue weighted by molar-refractivity contribution is 5.84. The lowest BCUT2D eigenvalue weighted by atomic mass is 9.41. The highest BCUT2D eigenvalue weighted by Crippen LogP contribution is 2.71. The second kappa shape index (κ2) is 5.34. The van der Waals surface area contributed by atoms with Gasteiger partial charge in [0.2, 0.25) is 11.8 Å². The summed E-state index contributed by atoms with van der Waals surface area (Å²) in [4.78, 5) is 25.0. The van der Waals surface area contributed by atoms with Gasteiger partial charge < -0.3 is 11.5 Å². The van der Waals surface area contributed by atoms with Crippen molar-refractivity contribution in [3.8, 4) is 0 Å². The third kappa shape index (κ3) is 2.00. The number of primary amides is 2. The molecule has 4 rings (SSSR count). The lowest BCUT2D eigenvalue weighted by Gasteiger charge is -2.62. The van der Waals surface area contributed by atoms with E-state index in [1.807, 2.05) is 0 Å². The Labute approximate surface area is 150 Å². The summed E-state index contributed by atoms with van der Waals surface area (Å²) in [6.45, 7) is 4.58. The molecule has 0 aromatic heterocycles. The molecule has 4 aliphatic rings. The van der Waals surface area contributed by atoms with E-state index < -0.39 is 5.41 Å². The van der Waals surface area contributed by atoms with Gasteiger partial charge in [0.15, 0.2) is 0 Å². The fraction of sp³-hybridized carbons (Fsp3) is 0.810. The quantitative estimate of drug-likeness (QED) is 0.753. The second-order valence-electron chi connectivity index (χ2n) is 9.64. The monoisotopic (exact) mass is 344 g/mol. The number of fused-ring (bicyclic) bond motifs is 5. The lowest BCUT2D eigenvalue weighted by molar-refractivity contribution is -0.160. The third-order valence-electron chi connectivity index (χ3n) is 8.93. The molecule has 4 aliphatic carbocycles. The van der Waals surface area contributed by atoms with E-state index in [-0.39, 0.29) is 34.5 Å². The molecule has 25 heavy (non-hydrogen) atoms. The van der Waals surface area contributed by atoms with Crippen LogP contribution >= 0.6 is 0 Å². The number of allylic oxidation sites excluding steroid dienone is 2. The van der Waals surface area contributed by atoms with Gasteiger partial charge in [-0.3, -0.25) is 9.59 Å². The first kappa shape index (κ1) is 17.1. The van der Waals surface area contributed by atoms with Crippen LogP contribution in [0.5, 0.6) is 0 Å². The van der Waals surface area contributed by atoms with Crippen LogP contribution < -0.4 is 11.5 Å². The predicted octanol–water partition coefficient (Wildman–Crippen LogP) is 3.30. The number of hydrogen-bond acceptors (Lipinski definition) is 2. The van der Waals surface area contributed by atoms with Gasteiger partial charge in [0.1, 0.15) is 0 Å². The van der Waals surface area contributed by atoms with E-state index >= 15 is 0 Å². The van der Waals surface area contributed by atoms with Crippen LogP contribution in [0, 0.1) is 34.0 Å². The fourth-order valence-electron chi connectivity index (χ4n) is 7.75. The molecular weight excluding hydrogens is 312 g/mol. The van der Waals surface area contributed by atoms with Crippen LogP contribution in [-0.4, -0.2) is 11.8 Å². The molecule has 1 unspecified atom stereocenters. The van der Waals surface area contributed by atoms with Crippen LogP contribution in [0.15, 0.2) is 11.6 Å². The largest absolute Gasteiger partial charge is 0.369 e. The number of amides is 2. The first-order valence-electron chi connectivity index (χ1n) is 10.1. The highest BCUT2D eigenvalue weighted by atomic mass is 16.1. The van der Waals surface area contributed by atoms with Gasteiger partial charge in [0.05, 0.1) is 5.41 Å². The Morgan fingerprint density at radius 3 is 2.48 bits per heavy atom. The summed E-state index contributed by atoms with van der Waals surface area (Å²) in [6, 6.07) is 0. The Bertz CT molecular complexity index is 656. The first-order chi connectivity index (χ1) is 11.8. The average Bonchev–Trinajstić information content (AvgIpc) is 2.91. The molecule has 0 spiro atoms. The molecular formula is C21H32N2O2. The van der Waals surface area contributed by atoms with Gasteiger partial charge in [-0.2, -0.15) is 0 Å². The minimum absolute atomic E-state index is 0.109. The van der Waals surface area contributed by atoms with Crippen molar-refractivity contribution in [1.29, 1.82) is 0 Å². The Balaban J connectivity index is 1.84. The molecule has 6 atom stereocenters. The van der Waals surface area contributed by atoms with Crippen molar-refractivity contribution in [2.75, 3.05) is 0 Å². The molecule has 0 bridgehead atoms. The van der Waals surface area contributed by atoms with Gasteiger partial charge in [-0.15, -0.1) is 0 Å². The van der Waals surface area contributed by atoms with Crippen molar-refractivity contribution in [2.45, 2.75) is 71.6 Å². The summed E-state index contributed by atoms with van der Waals surface area (Å²) in [7, 11) is 0. The standard InChI is InChI=1S/C21H32N2O2/c1-19-10-4-3-5-13(19)8-12-21(18(23)25)15-7-6-14(17(22)24)20(15,2)11-9-16(19)21/h8,14-16H,3-7,9-12H2,1-2H3,(H2,22,24)(H2,23,25)/t14?,15-,16+,19+,20-,21-/m1/s1. The zero-order chi connectivity index (χ0) is 18.0. The number of nitrogens with two attached hydrogens (primary N) is 2. The molecule has 0 aromatic rings. The Kier molecular flexibility index (Phi) is 3.66. The molecule has 0 heterocycles. The van der Waals surface area contributed by atoms with E-state index in [0.717, 1.165) is 32.1 Å². The van der Waals surface area contributed by atoms with E-state index in [1.54, 1.807) is 5.57 Å². The molecule has 138 valence electrons. The van der Waals surface area contributed by atoms with Crippen LogP contribution in [-0.2, 0) is 9.59 Å². The SMILES string of the molecule is C[C@]12CCCCC1=CC[C@]1(C(N)=O)[C@H]2CC[C@]2(C)C(C(N)=O)CC[C@@H]12. The maximum Gasteiger partial charge on any atom is 0.224 e. The topological polar surface area (TPSA) is 86.2 Å². The van der Waals surface area contributed by atoms with Gasteiger partial charge in [0, 0.05) is 5.92 Å². The molecule has 0 saturated heterocycles. The maximum atomic E-state index is 13.0. The van der Waals surface area contributed by atoms with E-state index in [0.29, 0.717) is 5.92 Å². The number of carbonyl (C=O) groups is 2. The van der Waals surface area contributed by atoms with Gasteiger partial charge in [-0.25, -0.2) is 0 Å². The minimum Gasteiger partial charge on any atom is -0.369 e. The van der Waals surface area contributed by atoms with Crippen LogP contribution in [0.2, 0.25) is 0 Å². The number of rotatable bonds is 2. The summed E-state index contributed by atoms with van der Waals surface area (Å²) in [5.74, 6) is 0.0617. The van der Waals surface area contributed by atoms with E-state index in [4.69, 9.17) is 11.5 Å². The zero-order valence-corrected chi connectivity index (χ0v) is 15.6. The Morgan fingerprint density at radius 2 is 1.80 bits per heavy atom. The first-order valence-corrected chi connectivity index (χ1v) is 10.1. The van der Waals surface area contributed by atoms with Crippen molar-refractivity contribution in [1.82, 2.24) is 0 Å². The van der Waals surface area contributed by atoms with E-state index in [1.165, 1.54) is 25.7 Å². The fourth-order valence-corrected chi connectivity index (χ4v) is 7.75. The molecule has 2 amide bonds. The molecule has 0 aliphatic heterocycles. The second-order valence-corrected chi connectivity index (χ2v) is 9.64. The predicted molar refractivity (Wildman–Crippen MR) is 97.1 cm³/mol. The normalized spacial score (nSPS) is 48.7. The molecule has 0 aromatic carbocycles. The minimum atomic E-state index is -0.493. The smallest absolute Gasteiger partial charge is 0.224 e. The summed E-state index contributed by atoms with van der Waals surface area (Å²) < 4.78 is 0. The molecule has 3 saturated carbocycles. The van der Waals surface area contributed by atoms with E-state index in [2.05, 4.69) is 19.9 Å². The van der Waals surface area contributed by atoms with E-state index in [9.17, 15) is 9.59 Å². The molecule has 4 heteroatoms. The molecule has 3 fully saturated rings. The van der Waals surface area contributed by atoms with Crippen LogP contribution in [0.3, 0.4) is 0 Å². The summed E-state index contributed by atoms with van der Waals surface area (Å²) in [6.07, 6.45) is 11.7.